The maximum atomic E-state index is 5.99. The van der Waals surface area contributed by atoms with Crippen LogP contribution in [-0.2, 0) is 0 Å². The molecule has 0 aliphatic heterocycles. The Morgan fingerprint density at radius 2 is 2.10 bits per heavy atom. The molecule has 0 amide bonds. The van der Waals surface area contributed by atoms with E-state index in [1.54, 1.807) is 4.68 Å². The van der Waals surface area contributed by atoms with Gasteiger partial charge in [-0.05, 0) is 70.6 Å². The Bertz CT molecular complexity index is 584. The van der Waals surface area contributed by atoms with Gasteiger partial charge in [0.25, 0.3) is 0 Å². The molecule has 0 radical (unpaired) electrons. The van der Waals surface area contributed by atoms with Crippen LogP contribution >= 0.6 is 34.2 Å². The first kappa shape index (κ1) is 15.7. The number of tetrazole rings is 1. The van der Waals surface area contributed by atoms with Gasteiger partial charge in [0.15, 0.2) is 5.82 Å². The van der Waals surface area contributed by atoms with E-state index in [4.69, 9.17) is 11.6 Å². The molecule has 0 aliphatic carbocycles. The predicted molar refractivity (Wildman–Crippen MR) is 88.1 cm³/mol. The average molecular weight is 406 g/mol. The maximum absolute atomic E-state index is 5.99. The van der Waals surface area contributed by atoms with Crippen LogP contribution in [0.3, 0.4) is 0 Å². The van der Waals surface area contributed by atoms with E-state index in [9.17, 15) is 0 Å². The van der Waals surface area contributed by atoms with Gasteiger partial charge in [-0.2, -0.15) is 4.68 Å². The number of hydrogen-bond acceptors (Lipinski definition) is 4. The Balaban J connectivity index is 2.28. The molecular weight excluding hydrogens is 389 g/mol. The third-order valence-corrected chi connectivity index (χ3v) is 3.95. The highest BCUT2D eigenvalue weighted by molar-refractivity contribution is 14.1. The van der Waals surface area contributed by atoms with E-state index in [1.165, 1.54) is 0 Å². The summed E-state index contributed by atoms with van der Waals surface area (Å²) in [6.45, 7) is 7.33. The number of aromatic nitrogens is 4. The van der Waals surface area contributed by atoms with Gasteiger partial charge in [0.1, 0.15) is 0 Å². The Hall–Kier alpha value is -0.730. The number of nitrogens with one attached hydrogen (secondary N) is 1. The Labute approximate surface area is 137 Å². The molecule has 1 aromatic carbocycles. The minimum atomic E-state index is 0.0823. The van der Waals surface area contributed by atoms with E-state index in [0.717, 1.165) is 21.6 Å². The van der Waals surface area contributed by atoms with Crippen LogP contribution < -0.4 is 5.32 Å². The Morgan fingerprint density at radius 3 is 2.75 bits per heavy atom. The molecule has 2 rings (SSSR count). The second kappa shape index (κ2) is 6.82. The summed E-state index contributed by atoms with van der Waals surface area (Å²) in [7, 11) is 0. The minimum Gasteiger partial charge on any atom is -0.307 e. The molecule has 0 aliphatic rings. The van der Waals surface area contributed by atoms with Crippen molar-refractivity contribution in [2.24, 2.45) is 5.92 Å². The maximum Gasteiger partial charge on any atom is 0.173 e. The predicted octanol–water partition coefficient (Wildman–Crippen LogP) is 3.23. The first-order valence-corrected chi connectivity index (χ1v) is 7.91. The second-order valence-corrected chi connectivity index (χ2v) is 6.67. The van der Waals surface area contributed by atoms with E-state index in [-0.39, 0.29) is 6.04 Å². The van der Waals surface area contributed by atoms with Gasteiger partial charge in [0.2, 0.25) is 0 Å². The zero-order valence-electron chi connectivity index (χ0n) is 11.6. The summed E-state index contributed by atoms with van der Waals surface area (Å²) in [6, 6.07) is 5.75. The van der Waals surface area contributed by atoms with Crippen molar-refractivity contribution in [2.75, 3.05) is 6.54 Å². The largest absolute Gasteiger partial charge is 0.307 e. The van der Waals surface area contributed by atoms with Gasteiger partial charge in [0, 0.05) is 8.59 Å². The third kappa shape index (κ3) is 3.67. The van der Waals surface area contributed by atoms with Gasteiger partial charge in [0.05, 0.1) is 11.7 Å². The van der Waals surface area contributed by atoms with Crippen LogP contribution in [0.1, 0.15) is 32.6 Å². The molecule has 1 heterocycles. The number of benzene rings is 1. The molecular formula is C13H17ClIN5. The molecule has 20 heavy (non-hydrogen) atoms. The lowest BCUT2D eigenvalue weighted by molar-refractivity contribution is 0.475. The smallest absolute Gasteiger partial charge is 0.173 e. The fourth-order valence-corrected chi connectivity index (χ4v) is 2.89. The molecule has 0 fully saturated rings. The SMILES string of the molecule is CC(C)CNC(C)c1nnnn1-c1ccc(Cl)cc1I. The Morgan fingerprint density at radius 1 is 1.35 bits per heavy atom. The summed E-state index contributed by atoms with van der Waals surface area (Å²) < 4.78 is 2.77. The first-order valence-electron chi connectivity index (χ1n) is 6.46. The number of rotatable bonds is 5. The molecule has 1 unspecified atom stereocenters. The summed E-state index contributed by atoms with van der Waals surface area (Å²) in [5.41, 5.74) is 0.938. The molecule has 7 heteroatoms. The topological polar surface area (TPSA) is 55.6 Å². The van der Waals surface area contributed by atoms with Crippen molar-refractivity contribution in [2.45, 2.75) is 26.8 Å². The van der Waals surface area contributed by atoms with E-state index in [1.807, 2.05) is 18.2 Å². The Kier molecular flexibility index (Phi) is 5.34. The standard InChI is InChI=1S/C13H17ClIN5/c1-8(2)7-16-9(3)13-17-18-19-20(13)12-5-4-10(14)6-11(12)15/h4-6,8-9,16H,7H2,1-3H3. The number of hydrogen-bond donors (Lipinski definition) is 1. The molecule has 0 saturated heterocycles. The summed E-state index contributed by atoms with van der Waals surface area (Å²) in [4.78, 5) is 0. The lowest BCUT2D eigenvalue weighted by Crippen LogP contribution is -2.26. The molecule has 0 saturated carbocycles. The van der Waals surface area contributed by atoms with Crippen LogP contribution in [0.25, 0.3) is 5.69 Å². The van der Waals surface area contributed by atoms with Crippen molar-refractivity contribution >= 4 is 34.2 Å². The molecule has 1 aromatic heterocycles. The summed E-state index contributed by atoms with van der Waals surface area (Å²) in [5, 5.41) is 16.2. The monoisotopic (exact) mass is 405 g/mol. The molecule has 2 aromatic rings. The van der Waals surface area contributed by atoms with E-state index in [0.29, 0.717) is 10.9 Å². The molecule has 0 spiro atoms. The van der Waals surface area contributed by atoms with Gasteiger partial charge >= 0.3 is 0 Å². The van der Waals surface area contributed by atoms with Crippen molar-refractivity contribution in [1.29, 1.82) is 0 Å². The average Bonchev–Trinajstić information content (AvgIpc) is 2.85. The summed E-state index contributed by atoms with van der Waals surface area (Å²) in [6.07, 6.45) is 0. The van der Waals surface area contributed by atoms with Crippen molar-refractivity contribution in [1.82, 2.24) is 25.5 Å². The van der Waals surface area contributed by atoms with Crippen molar-refractivity contribution < 1.29 is 0 Å². The third-order valence-electron chi connectivity index (χ3n) is 2.85. The lowest BCUT2D eigenvalue weighted by Gasteiger charge is -2.15. The molecule has 0 bridgehead atoms. The lowest BCUT2D eigenvalue weighted by atomic mass is 10.2. The fraction of sp³-hybridized carbons (Fsp3) is 0.462. The highest BCUT2D eigenvalue weighted by atomic mass is 127. The van der Waals surface area contributed by atoms with E-state index >= 15 is 0 Å². The van der Waals surface area contributed by atoms with E-state index in [2.05, 4.69) is 64.2 Å². The highest BCUT2D eigenvalue weighted by Crippen LogP contribution is 2.23. The van der Waals surface area contributed by atoms with Gasteiger partial charge in [-0.3, -0.25) is 0 Å². The van der Waals surface area contributed by atoms with Gasteiger partial charge in [-0.1, -0.05) is 25.4 Å². The first-order chi connectivity index (χ1) is 9.49. The van der Waals surface area contributed by atoms with Crippen molar-refractivity contribution in [3.8, 4) is 5.69 Å². The molecule has 1 N–H and O–H groups in total. The summed E-state index contributed by atoms with van der Waals surface area (Å²) in [5.74, 6) is 1.38. The zero-order chi connectivity index (χ0) is 14.7. The summed E-state index contributed by atoms with van der Waals surface area (Å²) >= 11 is 8.23. The van der Waals surface area contributed by atoms with Gasteiger partial charge in [-0.25, -0.2) is 0 Å². The molecule has 5 nitrogen and oxygen atoms in total. The number of nitrogens with zero attached hydrogens (tertiary/aromatic N) is 4. The van der Waals surface area contributed by atoms with Crippen LogP contribution in [-0.4, -0.2) is 26.8 Å². The van der Waals surface area contributed by atoms with Crippen LogP contribution in [0.2, 0.25) is 5.02 Å². The molecule has 108 valence electrons. The number of halogens is 2. The normalized spacial score (nSPS) is 12.9. The molecule has 1 atom stereocenters. The van der Waals surface area contributed by atoms with Crippen LogP contribution in [0.5, 0.6) is 0 Å². The van der Waals surface area contributed by atoms with Crippen LogP contribution in [0, 0.1) is 9.49 Å². The quantitative estimate of drug-likeness (QED) is 0.776. The second-order valence-electron chi connectivity index (χ2n) is 5.07. The van der Waals surface area contributed by atoms with Crippen LogP contribution in [0.15, 0.2) is 18.2 Å². The highest BCUT2D eigenvalue weighted by Gasteiger charge is 2.17. The fourth-order valence-electron chi connectivity index (χ4n) is 1.79. The van der Waals surface area contributed by atoms with Crippen molar-refractivity contribution in [3.63, 3.8) is 0 Å². The van der Waals surface area contributed by atoms with Gasteiger partial charge < -0.3 is 5.32 Å². The minimum absolute atomic E-state index is 0.0823. The van der Waals surface area contributed by atoms with Crippen LogP contribution in [0.4, 0.5) is 0 Å². The zero-order valence-corrected chi connectivity index (χ0v) is 14.6. The van der Waals surface area contributed by atoms with Gasteiger partial charge in [-0.15, -0.1) is 5.10 Å². The van der Waals surface area contributed by atoms with E-state index < -0.39 is 0 Å². The van der Waals surface area contributed by atoms with Crippen molar-refractivity contribution in [3.05, 3.63) is 32.6 Å².